The van der Waals surface area contributed by atoms with E-state index in [1.54, 1.807) is 12.1 Å². The molecule has 0 amide bonds. The van der Waals surface area contributed by atoms with Crippen LogP contribution in [0.25, 0.3) is 11.1 Å². The van der Waals surface area contributed by atoms with Crippen molar-refractivity contribution < 1.29 is 13.2 Å². The molecule has 0 fully saturated rings. The van der Waals surface area contributed by atoms with E-state index in [0.29, 0.717) is 18.5 Å². The summed E-state index contributed by atoms with van der Waals surface area (Å²) in [6.07, 6.45) is -3.80. The van der Waals surface area contributed by atoms with Gasteiger partial charge in [0.15, 0.2) is 0 Å². The van der Waals surface area contributed by atoms with Gasteiger partial charge in [0.05, 0.1) is 5.56 Å². The monoisotopic (exact) mass is 279 g/mol. The van der Waals surface area contributed by atoms with Crippen LogP contribution in [0.2, 0.25) is 0 Å². The number of alkyl halides is 3. The standard InChI is InChI=1S/C16H16F3N/c1-11-6-7-12(8-9-20)14(10-11)13-4-2-3-5-15(13)16(17,18)19/h2-7,10H,8-9,20H2,1H3. The fraction of sp³-hybridized carbons (Fsp3) is 0.250. The second-order valence-corrected chi connectivity index (χ2v) is 4.74. The minimum atomic E-state index is -4.36. The summed E-state index contributed by atoms with van der Waals surface area (Å²) in [5.74, 6) is 0. The van der Waals surface area contributed by atoms with Crippen LogP contribution in [-0.2, 0) is 12.6 Å². The van der Waals surface area contributed by atoms with E-state index < -0.39 is 11.7 Å². The SMILES string of the molecule is Cc1ccc(CCN)c(-c2ccccc2C(F)(F)F)c1. The molecule has 0 aliphatic carbocycles. The molecule has 0 atom stereocenters. The molecule has 0 radical (unpaired) electrons. The van der Waals surface area contributed by atoms with E-state index in [1.807, 2.05) is 19.1 Å². The van der Waals surface area contributed by atoms with Gasteiger partial charge in [-0.05, 0) is 42.6 Å². The number of nitrogens with two attached hydrogens (primary N) is 1. The predicted octanol–water partition coefficient (Wildman–Crippen LogP) is 4.18. The fourth-order valence-electron chi connectivity index (χ4n) is 2.28. The van der Waals surface area contributed by atoms with Crippen molar-refractivity contribution in [3.05, 3.63) is 59.2 Å². The zero-order chi connectivity index (χ0) is 14.8. The molecule has 2 rings (SSSR count). The first-order chi connectivity index (χ1) is 9.43. The molecule has 0 saturated carbocycles. The van der Waals surface area contributed by atoms with Gasteiger partial charge in [0.25, 0.3) is 0 Å². The Morgan fingerprint density at radius 1 is 1.00 bits per heavy atom. The van der Waals surface area contributed by atoms with Crippen molar-refractivity contribution >= 4 is 0 Å². The van der Waals surface area contributed by atoms with Gasteiger partial charge >= 0.3 is 6.18 Å². The molecular weight excluding hydrogens is 263 g/mol. The van der Waals surface area contributed by atoms with E-state index in [-0.39, 0.29) is 5.56 Å². The molecule has 0 aromatic heterocycles. The van der Waals surface area contributed by atoms with Gasteiger partial charge in [-0.15, -0.1) is 0 Å². The lowest BCUT2D eigenvalue weighted by Gasteiger charge is -2.16. The van der Waals surface area contributed by atoms with Crippen molar-refractivity contribution in [3.8, 4) is 11.1 Å². The quantitative estimate of drug-likeness (QED) is 0.896. The average molecular weight is 279 g/mol. The Morgan fingerprint density at radius 2 is 1.70 bits per heavy atom. The Kier molecular flexibility index (Phi) is 4.14. The smallest absolute Gasteiger partial charge is 0.330 e. The molecular formula is C16H16F3N. The molecule has 4 heteroatoms. The van der Waals surface area contributed by atoms with Crippen LogP contribution >= 0.6 is 0 Å². The molecule has 0 aliphatic rings. The first-order valence-electron chi connectivity index (χ1n) is 6.39. The van der Waals surface area contributed by atoms with Crippen LogP contribution in [0.5, 0.6) is 0 Å². The van der Waals surface area contributed by atoms with Crippen LogP contribution < -0.4 is 5.73 Å². The van der Waals surface area contributed by atoms with Gasteiger partial charge in [0, 0.05) is 0 Å². The summed E-state index contributed by atoms with van der Waals surface area (Å²) < 4.78 is 39.4. The van der Waals surface area contributed by atoms with Crippen LogP contribution in [0.1, 0.15) is 16.7 Å². The van der Waals surface area contributed by atoms with Crippen molar-refractivity contribution in [2.45, 2.75) is 19.5 Å². The highest BCUT2D eigenvalue weighted by Crippen LogP contribution is 2.38. The van der Waals surface area contributed by atoms with E-state index in [0.717, 1.165) is 17.2 Å². The first kappa shape index (κ1) is 14.6. The molecule has 0 bridgehead atoms. The third-order valence-corrected chi connectivity index (χ3v) is 3.20. The molecule has 2 aromatic rings. The van der Waals surface area contributed by atoms with Gasteiger partial charge in [0.2, 0.25) is 0 Å². The molecule has 0 heterocycles. The van der Waals surface area contributed by atoms with Gasteiger partial charge in [-0.1, -0.05) is 42.0 Å². The molecule has 2 aromatic carbocycles. The molecule has 20 heavy (non-hydrogen) atoms. The topological polar surface area (TPSA) is 26.0 Å². The fourth-order valence-corrected chi connectivity index (χ4v) is 2.28. The van der Waals surface area contributed by atoms with Crippen molar-refractivity contribution in [3.63, 3.8) is 0 Å². The number of halogens is 3. The Balaban J connectivity index is 2.65. The minimum Gasteiger partial charge on any atom is -0.330 e. The van der Waals surface area contributed by atoms with E-state index in [2.05, 4.69) is 0 Å². The van der Waals surface area contributed by atoms with Crippen LogP contribution in [0, 0.1) is 6.92 Å². The van der Waals surface area contributed by atoms with Crippen molar-refractivity contribution in [2.24, 2.45) is 5.73 Å². The second-order valence-electron chi connectivity index (χ2n) is 4.74. The largest absolute Gasteiger partial charge is 0.417 e. The normalized spacial score (nSPS) is 11.7. The Hall–Kier alpha value is -1.81. The van der Waals surface area contributed by atoms with Crippen molar-refractivity contribution in [1.29, 1.82) is 0 Å². The van der Waals surface area contributed by atoms with Crippen LogP contribution in [0.4, 0.5) is 13.2 Å². The second kappa shape index (κ2) is 5.67. The van der Waals surface area contributed by atoms with Crippen molar-refractivity contribution in [1.82, 2.24) is 0 Å². The van der Waals surface area contributed by atoms with E-state index in [4.69, 9.17) is 5.73 Å². The van der Waals surface area contributed by atoms with E-state index in [9.17, 15) is 13.2 Å². The number of aryl methyl sites for hydroxylation is 1. The van der Waals surface area contributed by atoms with Gasteiger partial charge in [-0.3, -0.25) is 0 Å². The third-order valence-electron chi connectivity index (χ3n) is 3.20. The maximum atomic E-state index is 13.1. The van der Waals surface area contributed by atoms with E-state index >= 15 is 0 Å². The summed E-state index contributed by atoms with van der Waals surface area (Å²) in [4.78, 5) is 0. The zero-order valence-electron chi connectivity index (χ0n) is 11.2. The highest BCUT2D eigenvalue weighted by Gasteiger charge is 2.33. The van der Waals surface area contributed by atoms with Gasteiger partial charge in [-0.25, -0.2) is 0 Å². The molecule has 106 valence electrons. The highest BCUT2D eigenvalue weighted by molar-refractivity contribution is 5.72. The molecule has 0 aliphatic heterocycles. The van der Waals surface area contributed by atoms with Crippen molar-refractivity contribution in [2.75, 3.05) is 6.54 Å². The van der Waals surface area contributed by atoms with E-state index in [1.165, 1.54) is 12.1 Å². The highest BCUT2D eigenvalue weighted by atomic mass is 19.4. The molecule has 2 N–H and O–H groups in total. The first-order valence-corrected chi connectivity index (χ1v) is 6.39. The predicted molar refractivity (Wildman–Crippen MR) is 74.4 cm³/mol. The Bertz CT molecular complexity index is 603. The molecule has 1 nitrogen and oxygen atoms in total. The average Bonchev–Trinajstić information content (AvgIpc) is 2.40. The molecule has 0 saturated heterocycles. The lowest BCUT2D eigenvalue weighted by atomic mass is 9.92. The lowest BCUT2D eigenvalue weighted by molar-refractivity contribution is -0.137. The summed E-state index contributed by atoms with van der Waals surface area (Å²) in [5.41, 5.74) is 7.54. The molecule has 0 unspecified atom stereocenters. The Labute approximate surface area is 116 Å². The lowest BCUT2D eigenvalue weighted by Crippen LogP contribution is -2.09. The van der Waals surface area contributed by atoms with Crippen LogP contribution in [-0.4, -0.2) is 6.54 Å². The number of hydrogen-bond donors (Lipinski definition) is 1. The summed E-state index contributed by atoms with van der Waals surface area (Å²) in [7, 11) is 0. The van der Waals surface area contributed by atoms with Gasteiger partial charge in [0.1, 0.15) is 0 Å². The Morgan fingerprint density at radius 3 is 2.35 bits per heavy atom. The summed E-state index contributed by atoms with van der Waals surface area (Å²) in [6, 6.07) is 11.2. The third kappa shape index (κ3) is 3.02. The van der Waals surface area contributed by atoms with Crippen LogP contribution in [0.15, 0.2) is 42.5 Å². The number of benzene rings is 2. The van der Waals surface area contributed by atoms with Gasteiger partial charge < -0.3 is 5.73 Å². The summed E-state index contributed by atoms with van der Waals surface area (Å²) in [6.45, 7) is 2.27. The van der Waals surface area contributed by atoms with Gasteiger partial charge in [-0.2, -0.15) is 13.2 Å². The summed E-state index contributed by atoms with van der Waals surface area (Å²) >= 11 is 0. The summed E-state index contributed by atoms with van der Waals surface area (Å²) in [5, 5.41) is 0. The van der Waals surface area contributed by atoms with Crippen LogP contribution in [0.3, 0.4) is 0 Å². The maximum absolute atomic E-state index is 13.1. The minimum absolute atomic E-state index is 0.215. The number of rotatable bonds is 3. The zero-order valence-corrected chi connectivity index (χ0v) is 11.2. The maximum Gasteiger partial charge on any atom is 0.417 e. The molecule has 0 spiro atoms. The number of hydrogen-bond acceptors (Lipinski definition) is 1.